The summed E-state index contributed by atoms with van der Waals surface area (Å²) in [5.74, 6) is 0.708. The zero-order chi connectivity index (χ0) is 20.7. The molecule has 4 nitrogen and oxygen atoms in total. The number of amides is 1. The lowest BCUT2D eigenvalue weighted by molar-refractivity contribution is 0.0691. The first-order valence-electron chi connectivity index (χ1n) is 10.3. The number of aryl methyl sites for hydroxylation is 1. The molecule has 1 amide bonds. The van der Waals surface area contributed by atoms with Gasteiger partial charge in [0.1, 0.15) is 5.75 Å². The fourth-order valence-electron chi connectivity index (χ4n) is 4.48. The first kappa shape index (κ1) is 18.5. The molecule has 0 unspecified atom stereocenters. The van der Waals surface area contributed by atoms with Gasteiger partial charge in [-0.1, -0.05) is 54.1 Å². The summed E-state index contributed by atoms with van der Waals surface area (Å²) in [6, 6.07) is 24.1. The molecule has 0 bridgehead atoms. The van der Waals surface area contributed by atoms with Crippen LogP contribution < -0.4 is 4.74 Å². The van der Waals surface area contributed by atoms with E-state index in [-0.39, 0.29) is 11.9 Å². The van der Waals surface area contributed by atoms with Crippen LogP contribution in [0.5, 0.6) is 5.75 Å². The molecule has 1 N–H and O–H groups in total. The Morgan fingerprint density at radius 2 is 1.83 bits per heavy atom. The van der Waals surface area contributed by atoms with Crippen LogP contribution in [0.2, 0.25) is 0 Å². The van der Waals surface area contributed by atoms with Crippen LogP contribution in [0, 0.1) is 6.92 Å². The van der Waals surface area contributed by atoms with Crippen molar-refractivity contribution in [3.8, 4) is 5.75 Å². The van der Waals surface area contributed by atoms with Crippen LogP contribution in [-0.2, 0) is 6.42 Å². The predicted octanol–water partition coefficient (Wildman–Crippen LogP) is 5.27. The third-order valence-corrected chi connectivity index (χ3v) is 6.01. The average Bonchev–Trinajstić information content (AvgIpc) is 3.17. The first-order valence-corrected chi connectivity index (χ1v) is 10.3. The van der Waals surface area contributed by atoms with Gasteiger partial charge < -0.3 is 14.6 Å². The quantitative estimate of drug-likeness (QED) is 0.513. The van der Waals surface area contributed by atoms with Crippen molar-refractivity contribution in [3.63, 3.8) is 0 Å². The van der Waals surface area contributed by atoms with Crippen LogP contribution >= 0.6 is 0 Å². The molecule has 1 atom stereocenters. The van der Waals surface area contributed by atoms with Crippen LogP contribution in [0.25, 0.3) is 10.9 Å². The van der Waals surface area contributed by atoms with E-state index in [1.807, 2.05) is 35.2 Å². The highest BCUT2D eigenvalue weighted by Crippen LogP contribution is 2.39. The van der Waals surface area contributed by atoms with Crippen molar-refractivity contribution in [2.24, 2.45) is 0 Å². The maximum Gasteiger partial charge on any atom is 0.254 e. The predicted molar refractivity (Wildman–Crippen MR) is 119 cm³/mol. The molecule has 1 aliphatic heterocycles. The highest BCUT2D eigenvalue weighted by atomic mass is 16.5. The molecule has 4 aromatic rings. The number of ether oxygens (including phenoxy) is 1. The number of carbonyl (C=O) groups is 1. The van der Waals surface area contributed by atoms with Crippen molar-refractivity contribution in [2.75, 3.05) is 13.7 Å². The molecule has 0 saturated carbocycles. The highest BCUT2D eigenvalue weighted by Gasteiger charge is 2.35. The number of para-hydroxylation sites is 1. The Bertz CT molecular complexity index is 1220. The van der Waals surface area contributed by atoms with E-state index in [9.17, 15) is 4.79 Å². The van der Waals surface area contributed by atoms with E-state index in [1.54, 1.807) is 7.11 Å². The molecular weight excluding hydrogens is 372 g/mol. The maximum atomic E-state index is 13.6. The van der Waals surface area contributed by atoms with Gasteiger partial charge in [0.25, 0.3) is 5.91 Å². The van der Waals surface area contributed by atoms with Crippen molar-refractivity contribution < 1.29 is 9.53 Å². The minimum Gasteiger partial charge on any atom is -0.497 e. The van der Waals surface area contributed by atoms with Crippen LogP contribution in [-0.4, -0.2) is 29.4 Å². The van der Waals surface area contributed by atoms with Crippen molar-refractivity contribution in [3.05, 3.63) is 101 Å². The van der Waals surface area contributed by atoms with E-state index in [0.717, 1.165) is 23.2 Å². The summed E-state index contributed by atoms with van der Waals surface area (Å²) in [4.78, 5) is 19.2. The smallest absolute Gasteiger partial charge is 0.254 e. The lowest BCUT2D eigenvalue weighted by atomic mass is 9.91. The van der Waals surface area contributed by atoms with Crippen LogP contribution in [0.1, 0.15) is 38.8 Å². The summed E-state index contributed by atoms with van der Waals surface area (Å²) >= 11 is 0. The number of fused-ring (bicyclic) bond motifs is 3. The number of rotatable bonds is 3. The van der Waals surface area contributed by atoms with Gasteiger partial charge in [-0.25, -0.2) is 0 Å². The minimum atomic E-state index is -0.152. The number of benzene rings is 3. The maximum absolute atomic E-state index is 13.6. The van der Waals surface area contributed by atoms with Gasteiger partial charge in [-0.2, -0.15) is 0 Å². The van der Waals surface area contributed by atoms with Crippen LogP contribution in [0.3, 0.4) is 0 Å². The Morgan fingerprint density at radius 3 is 2.63 bits per heavy atom. The SMILES string of the molecule is COc1cccc(C(=O)N2CCc3c([nH]c4ccccc34)[C@@H]2c2ccc(C)cc2)c1. The summed E-state index contributed by atoms with van der Waals surface area (Å²) in [7, 11) is 1.62. The van der Waals surface area contributed by atoms with Crippen LogP contribution in [0.15, 0.2) is 72.8 Å². The van der Waals surface area contributed by atoms with Crippen molar-refractivity contribution in [1.29, 1.82) is 0 Å². The third-order valence-electron chi connectivity index (χ3n) is 6.01. The summed E-state index contributed by atoms with van der Waals surface area (Å²) < 4.78 is 5.34. The van der Waals surface area contributed by atoms with E-state index in [4.69, 9.17) is 4.74 Å². The number of carbonyl (C=O) groups excluding carboxylic acids is 1. The first-order chi connectivity index (χ1) is 14.7. The van der Waals surface area contributed by atoms with Crippen molar-refractivity contribution >= 4 is 16.8 Å². The monoisotopic (exact) mass is 396 g/mol. The second kappa shape index (κ2) is 7.38. The number of aromatic amines is 1. The second-order valence-corrected chi connectivity index (χ2v) is 7.86. The normalized spacial score (nSPS) is 15.8. The number of hydrogen-bond acceptors (Lipinski definition) is 2. The van der Waals surface area contributed by atoms with E-state index < -0.39 is 0 Å². The topological polar surface area (TPSA) is 45.3 Å². The third kappa shape index (κ3) is 3.05. The average molecular weight is 396 g/mol. The van der Waals surface area contributed by atoms with Crippen molar-refractivity contribution in [2.45, 2.75) is 19.4 Å². The van der Waals surface area contributed by atoms with E-state index in [0.29, 0.717) is 17.9 Å². The zero-order valence-corrected chi connectivity index (χ0v) is 17.2. The van der Waals surface area contributed by atoms with Gasteiger partial charge in [-0.15, -0.1) is 0 Å². The van der Waals surface area contributed by atoms with E-state index in [2.05, 4.69) is 54.4 Å². The standard InChI is InChI=1S/C26H24N2O2/c1-17-10-12-18(13-11-17)25-24-22(21-8-3-4-9-23(21)27-24)14-15-28(25)26(29)19-6-5-7-20(16-19)30-2/h3-13,16,25,27H,14-15H2,1-2H3/t25-/m0/s1. The molecule has 0 saturated heterocycles. The minimum absolute atomic E-state index is 0.0174. The van der Waals surface area contributed by atoms with Gasteiger partial charge in [0, 0.05) is 28.7 Å². The summed E-state index contributed by atoms with van der Waals surface area (Å²) in [6.07, 6.45) is 0.831. The Hall–Kier alpha value is -3.53. The summed E-state index contributed by atoms with van der Waals surface area (Å²) in [5.41, 5.74) is 6.51. The summed E-state index contributed by atoms with van der Waals surface area (Å²) in [5, 5.41) is 1.25. The highest BCUT2D eigenvalue weighted by molar-refractivity contribution is 5.96. The Kier molecular flexibility index (Phi) is 4.55. The molecule has 2 heterocycles. The van der Waals surface area contributed by atoms with Gasteiger partial charge in [-0.05, 0) is 48.7 Å². The van der Waals surface area contributed by atoms with Gasteiger partial charge in [0.05, 0.1) is 13.2 Å². The van der Waals surface area contributed by atoms with Crippen molar-refractivity contribution in [1.82, 2.24) is 9.88 Å². The van der Waals surface area contributed by atoms with Gasteiger partial charge in [0.15, 0.2) is 0 Å². The van der Waals surface area contributed by atoms with Crippen LogP contribution in [0.4, 0.5) is 0 Å². The lowest BCUT2D eigenvalue weighted by Gasteiger charge is -2.36. The largest absolute Gasteiger partial charge is 0.497 e. The van der Waals surface area contributed by atoms with Gasteiger partial charge in [0.2, 0.25) is 0 Å². The molecule has 0 fully saturated rings. The Morgan fingerprint density at radius 1 is 1.03 bits per heavy atom. The van der Waals surface area contributed by atoms with Gasteiger partial charge in [-0.3, -0.25) is 4.79 Å². The van der Waals surface area contributed by atoms with Gasteiger partial charge >= 0.3 is 0 Å². The molecule has 30 heavy (non-hydrogen) atoms. The molecule has 5 rings (SSSR count). The van der Waals surface area contributed by atoms with E-state index >= 15 is 0 Å². The lowest BCUT2D eigenvalue weighted by Crippen LogP contribution is -2.40. The number of nitrogens with zero attached hydrogens (tertiary/aromatic N) is 1. The fraction of sp³-hybridized carbons (Fsp3) is 0.192. The fourth-order valence-corrected chi connectivity index (χ4v) is 4.48. The molecule has 3 aromatic carbocycles. The molecular formula is C26H24N2O2. The number of methoxy groups -OCH3 is 1. The number of H-pyrrole nitrogens is 1. The summed E-state index contributed by atoms with van der Waals surface area (Å²) in [6.45, 7) is 2.75. The number of hydrogen-bond donors (Lipinski definition) is 1. The number of nitrogens with one attached hydrogen (secondary N) is 1. The second-order valence-electron chi connectivity index (χ2n) is 7.86. The Balaban J connectivity index is 1.64. The molecule has 1 aliphatic rings. The Labute approximate surface area is 176 Å². The molecule has 1 aromatic heterocycles. The number of aromatic nitrogens is 1. The zero-order valence-electron chi connectivity index (χ0n) is 17.2. The molecule has 4 heteroatoms. The van der Waals surface area contributed by atoms with E-state index in [1.165, 1.54) is 16.5 Å². The molecule has 150 valence electrons. The molecule has 0 spiro atoms. The molecule has 0 aliphatic carbocycles. The molecule has 0 radical (unpaired) electrons.